The molecule has 2 aromatic carbocycles. The summed E-state index contributed by atoms with van der Waals surface area (Å²) in [6.07, 6.45) is 5.34. The summed E-state index contributed by atoms with van der Waals surface area (Å²) in [6.45, 7) is 11.6. The fraction of sp³-hybridized carbons (Fsp3) is 0.261. The molecule has 5 nitrogen and oxygen atoms in total. The lowest BCUT2D eigenvalue weighted by Crippen LogP contribution is -2.30. The van der Waals surface area contributed by atoms with Gasteiger partial charge in [0.15, 0.2) is 11.3 Å². The lowest BCUT2D eigenvalue weighted by molar-refractivity contribution is 0.155. The summed E-state index contributed by atoms with van der Waals surface area (Å²) in [5, 5.41) is 21.5. The minimum atomic E-state index is -0.634. The molecule has 0 radical (unpaired) electrons. The molecule has 0 bridgehead atoms. The van der Waals surface area contributed by atoms with Crippen LogP contribution in [-0.4, -0.2) is 15.8 Å². The van der Waals surface area contributed by atoms with Crippen molar-refractivity contribution in [3.8, 4) is 17.2 Å². The van der Waals surface area contributed by atoms with Crippen LogP contribution in [0, 0.1) is 0 Å². The van der Waals surface area contributed by atoms with E-state index in [1.807, 2.05) is 33.8 Å². The first kappa shape index (κ1) is 18.2. The number of ether oxygens (including phenoxy) is 1. The fourth-order valence-electron chi connectivity index (χ4n) is 3.60. The van der Waals surface area contributed by atoms with Crippen LogP contribution in [0.3, 0.4) is 0 Å². The van der Waals surface area contributed by atoms with E-state index in [9.17, 15) is 15.0 Å². The molecular weight excluding hydrogens is 356 g/mol. The number of aromatic hydroxyl groups is 2. The number of benzene rings is 2. The highest BCUT2D eigenvalue weighted by Gasteiger charge is 2.36. The Balaban J connectivity index is 2.32. The first-order chi connectivity index (χ1) is 13.1. The van der Waals surface area contributed by atoms with Crippen LogP contribution in [0.2, 0.25) is 0 Å². The van der Waals surface area contributed by atoms with E-state index in [1.165, 1.54) is 6.07 Å². The summed E-state index contributed by atoms with van der Waals surface area (Å²) < 4.78 is 12.2. The number of allylic oxidation sites excluding steroid dienone is 1. The summed E-state index contributed by atoms with van der Waals surface area (Å²) in [6, 6.07) is 4.58. The maximum atomic E-state index is 13.2. The van der Waals surface area contributed by atoms with E-state index in [4.69, 9.17) is 9.15 Å². The molecule has 0 unspecified atom stereocenters. The number of hydrogen-bond acceptors (Lipinski definition) is 5. The van der Waals surface area contributed by atoms with Crippen LogP contribution < -0.4 is 10.2 Å². The fourth-order valence-corrected chi connectivity index (χ4v) is 3.60. The van der Waals surface area contributed by atoms with Crippen LogP contribution in [0.5, 0.6) is 17.2 Å². The largest absolute Gasteiger partial charge is 0.506 e. The van der Waals surface area contributed by atoms with Crippen LogP contribution in [0.4, 0.5) is 0 Å². The van der Waals surface area contributed by atoms with Gasteiger partial charge in [0.25, 0.3) is 0 Å². The van der Waals surface area contributed by atoms with E-state index in [1.54, 1.807) is 24.3 Å². The Morgan fingerprint density at radius 1 is 1.18 bits per heavy atom. The first-order valence-electron chi connectivity index (χ1n) is 9.07. The van der Waals surface area contributed by atoms with Gasteiger partial charge in [-0.3, -0.25) is 4.79 Å². The van der Waals surface area contributed by atoms with Crippen LogP contribution in [0.1, 0.15) is 38.8 Å². The van der Waals surface area contributed by atoms with Crippen molar-refractivity contribution in [2.75, 3.05) is 0 Å². The third-order valence-electron chi connectivity index (χ3n) is 5.26. The SMILES string of the molecule is C=CC(C)(C)c1c2c(c(O)c3c(=O)c4cccc(O)c4oc13)C=CC(C)(C)O2. The number of phenols is 2. The summed E-state index contributed by atoms with van der Waals surface area (Å²) in [5.74, 6) is 0.108. The number of rotatable bonds is 2. The van der Waals surface area contributed by atoms with E-state index in [2.05, 4.69) is 6.58 Å². The Bertz CT molecular complexity index is 1240. The molecule has 1 aromatic heterocycles. The van der Waals surface area contributed by atoms with Gasteiger partial charge in [-0.1, -0.05) is 26.0 Å². The molecule has 0 spiro atoms. The van der Waals surface area contributed by atoms with Crippen molar-refractivity contribution in [3.63, 3.8) is 0 Å². The maximum absolute atomic E-state index is 13.2. The average Bonchev–Trinajstić information content (AvgIpc) is 2.61. The lowest BCUT2D eigenvalue weighted by Gasteiger charge is -2.34. The maximum Gasteiger partial charge on any atom is 0.204 e. The highest BCUT2D eigenvalue weighted by atomic mass is 16.5. The molecule has 0 saturated carbocycles. The van der Waals surface area contributed by atoms with Gasteiger partial charge in [0.2, 0.25) is 5.43 Å². The molecule has 1 aliphatic heterocycles. The van der Waals surface area contributed by atoms with Crippen LogP contribution in [0.15, 0.2) is 46.1 Å². The normalized spacial score (nSPS) is 15.4. The van der Waals surface area contributed by atoms with Crippen molar-refractivity contribution in [2.45, 2.75) is 38.7 Å². The molecule has 3 aromatic rings. The van der Waals surface area contributed by atoms with E-state index in [-0.39, 0.29) is 33.4 Å². The minimum absolute atomic E-state index is 0.0646. The van der Waals surface area contributed by atoms with E-state index in [0.29, 0.717) is 16.9 Å². The molecule has 4 rings (SSSR count). The lowest BCUT2D eigenvalue weighted by atomic mass is 9.80. The van der Waals surface area contributed by atoms with E-state index < -0.39 is 16.4 Å². The quantitative estimate of drug-likeness (QED) is 0.484. The molecule has 2 heterocycles. The Labute approximate surface area is 162 Å². The average molecular weight is 378 g/mol. The van der Waals surface area contributed by atoms with Gasteiger partial charge in [0, 0.05) is 11.0 Å². The van der Waals surface area contributed by atoms with Gasteiger partial charge in [-0.15, -0.1) is 6.58 Å². The van der Waals surface area contributed by atoms with Crippen molar-refractivity contribution < 1.29 is 19.4 Å². The van der Waals surface area contributed by atoms with Gasteiger partial charge >= 0.3 is 0 Å². The molecule has 0 amide bonds. The van der Waals surface area contributed by atoms with Crippen LogP contribution >= 0.6 is 0 Å². The molecule has 144 valence electrons. The summed E-state index contributed by atoms with van der Waals surface area (Å²) in [5.41, 5.74) is -0.346. The smallest absolute Gasteiger partial charge is 0.204 e. The molecule has 28 heavy (non-hydrogen) atoms. The third-order valence-corrected chi connectivity index (χ3v) is 5.26. The second kappa shape index (κ2) is 5.64. The van der Waals surface area contributed by atoms with Gasteiger partial charge in [-0.05, 0) is 38.1 Å². The first-order valence-corrected chi connectivity index (χ1v) is 9.07. The Morgan fingerprint density at radius 2 is 1.89 bits per heavy atom. The van der Waals surface area contributed by atoms with Crippen molar-refractivity contribution >= 4 is 28.0 Å². The van der Waals surface area contributed by atoms with E-state index >= 15 is 0 Å². The second-order valence-corrected chi connectivity index (χ2v) is 8.22. The summed E-state index contributed by atoms with van der Waals surface area (Å²) >= 11 is 0. The van der Waals surface area contributed by atoms with Gasteiger partial charge in [-0.25, -0.2) is 0 Å². The molecule has 0 saturated heterocycles. The van der Waals surface area contributed by atoms with Gasteiger partial charge in [0.1, 0.15) is 28.1 Å². The van der Waals surface area contributed by atoms with Crippen molar-refractivity contribution in [2.24, 2.45) is 0 Å². The predicted octanol–water partition coefficient (Wildman–Crippen LogP) is 5.01. The molecule has 5 heteroatoms. The van der Waals surface area contributed by atoms with Gasteiger partial charge in [-0.2, -0.15) is 0 Å². The summed E-state index contributed by atoms with van der Waals surface area (Å²) in [4.78, 5) is 13.2. The van der Waals surface area contributed by atoms with Crippen molar-refractivity contribution in [1.29, 1.82) is 0 Å². The zero-order chi connectivity index (χ0) is 20.4. The number of para-hydroxylation sites is 1. The predicted molar refractivity (Wildman–Crippen MR) is 110 cm³/mol. The Morgan fingerprint density at radius 3 is 2.57 bits per heavy atom. The number of hydrogen-bond donors (Lipinski definition) is 2. The van der Waals surface area contributed by atoms with Gasteiger partial charge in [0.05, 0.1) is 10.9 Å². The molecule has 2 N–H and O–H groups in total. The van der Waals surface area contributed by atoms with Crippen LogP contribution in [-0.2, 0) is 5.41 Å². The minimum Gasteiger partial charge on any atom is -0.506 e. The highest BCUT2D eigenvalue weighted by molar-refractivity contribution is 6.00. The second-order valence-electron chi connectivity index (χ2n) is 8.22. The highest BCUT2D eigenvalue weighted by Crippen LogP contribution is 2.49. The standard InChI is InChI=1S/C23H22O5/c1-6-22(2,3)16-20-13(10-11-23(4,5)28-20)18(26)15-17(25)12-8-7-9-14(24)19(12)27-21(15)16/h6-11,24,26H,1H2,2-5H3. The Hall–Kier alpha value is -3.21. The van der Waals surface area contributed by atoms with E-state index in [0.717, 1.165) is 0 Å². The molecule has 0 fully saturated rings. The number of fused-ring (bicyclic) bond motifs is 3. The van der Waals surface area contributed by atoms with Crippen LogP contribution in [0.25, 0.3) is 28.0 Å². The molecule has 0 atom stereocenters. The molecule has 1 aliphatic rings. The monoisotopic (exact) mass is 378 g/mol. The summed E-state index contributed by atoms with van der Waals surface area (Å²) in [7, 11) is 0. The van der Waals surface area contributed by atoms with Crippen molar-refractivity contribution in [1.82, 2.24) is 0 Å². The topological polar surface area (TPSA) is 79.9 Å². The van der Waals surface area contributed by atoms with Gasteiger partial charge < -0.3 is 19.4 Å². The molecule has 0 aliphatic carbocycles. The zero-order valence-corrected chi connectivity index (χ0v) is 16.3. The zero-order valence-electron chi connectivity index (χ0n) is 16.3. The number of phenolic OH excluding ortho intramolecular Hbond substituents is 2. The Kier molecular flexibility index (Phi) is 3.66. The molecular formula is C23H22O5. The van der Waals surface area contributed by atoms with Crippen molar-refractivity contribution in [3.05, 3.63) is 58.3 Å². The third kappa shape index (κ3) is 2.43.